The molecule has 0 aliphatic heterocycles. The normalized spacial score (nSPS) is 22.0. The quantitative estimate of drug-likeness (QED) is 0.755. The summed E-state index contributed by atoms with van der Waals surface area (Å²) < 4.78 is 0. The maximum atomic E-state index is 11.6. The van der Waals surface area contributed by atoms with Crippen molar-refractivity contribution in [2.75, 3.05) is 0 Å². The lowest BCUT2D eigenvalue weighted by molar-refractivity contribution is -0.124. The highest BCUT2D eigenvalue weighted by Gasteiger charge is 2.34. The number of carbonyl (C=O) groups excluding carboxylic acids is 1. The van der Waals surface area contributed by atoms with Crippen molar-refractivity contribution in [3.63, 3.8) is 0 Å². The van der Waals surface area contributed by atoms with Gasteiger partial charge >= 0.3 is 0 Å². The Labute approximate surface area is 99.2 Å². The average molecular weight is 226 g/mol. The zero-order valence-corrected chi connectivity index (χ0v) is 10.9. The van der Waals surface area contributed by atoms with Crippen molar-refractivity contribution < 1.29 is 4.79 Å². The van der Waals surface area contributed by atoms with Gasteiger partial charge in [-0.05, 0) is 32.1 Å². The van der Waals surface area contributed by atoms with E-state index >= 15 is 0 Å². The van der Waals surface area contributed by atoms with E-state index in [-0.39, 0.29) is 5.91 Å². The fourth-order valence-corrected chi connectivity index (χ4v) is 2.74. The molecule has 0 spiro atoms. The fourth-order valence-electron chi connectivity index (χ4n) is 2.74. The zero-order chi connectivity index (χ0) is 12.2. The lowest BCUT2D eigenvalue weighted by Gasteiger charge is -2.35. The lowest BCUT2D eigenvalue weighted by Crippen LogP contribution is -2.57. The van der Waals surface area contributed by atoms with Crippen molar-refractivity contribution >= 4 is 5.91 Å². The Bertz CT molecular complexity index is 234. The van der Waals surface area contributed by atoms with Crippen molar-refractivity contribution in [2.45, 2.75) is 70.9 Å². The molecule has 0 aromatic rings. The summed E-state index contributed by atoms with van der Waals surface area (Å²) in [6, 6.07) is 0.477. The first-order valence-corrected chi connectivity index (χ1v) is 6.51. The molecular weight excluding hydrogens is 200 g/mol. The first-order chi connectivity index (χ1) is 7.44. The molecule has 0 bridgehead atoms. The largest absolute Gasteiger partial charge is 0.368 e. The summed E-state index contributed by atoms with van der Waals surface area (Å²) in [6.45, 7) is 6.21. The van der Waals surface area contributed by atoms with Crippen LogP contribution in [-0.4, -0.2) is 17.5 Å². The molecule has 3 nitrogen and oxygen atoms in total. The van der Waals surface area contributed by atoms with Crippen molar-refractivity contribution in [1.29, 1.82) is 0 Å². The van der Waals surface area contributed by atoms with E-state index < -0.39 is 5.54 Å². The molecule has 16 heavy (non-hydrogen) atoms. The van der Waals surface area contributed by atoms with Gasteiger partial charge in [-0.15, -0.1) is 0 Å². The Kier molecular flexibility index (Phi) is 4.78. The molecule has 1 aliphatic carbocycles. The van der Waals surface area contributed by atoms with Gasteiger partial charge in [-0.2, -0.15) is 0 Å². The van der Waals surface area contributed by atoms with Crippen LogP contribution in [-0.2, 0) is 4.79 Å². The smallest absolute Gasteiger partial charge is 0.237 e. The lowest BCUT2D eigenvalue weighted by atomic mass is 9.86. The zero-order valence-electron chi connectivity index (χ0n) is 10.9. The molecule has 1 rings (SSSR count). The highest BCUT2D eigenvalue weighted by atomic mass is 16.1. The molecule has 1 fully saturated rings. The molecule has 0 aromatic carbocycles. The third kappa shape index (κ3) is 3.78. The van der Waals surface area contributed by atoms with Crippen molar-refractivity contribution in [3.8, 4) is 0 Å². The van der Waals surface area contributed by atoms with E-state index in [0.717, 1.165) is 6.42 Å². The molecule has 3 heteroatoms. The van der Waals surface area contributed by atoms with E-state index in [1.54, 1.807) is 0 Å². The van der Waals surface area contributed by atoms with Gasteiger partial charge in [-0.1, -0.05) is 33.1 Å². The van der Waals surface area contributed by atoms with Crippen molar-refractivity contribution in [1.82, 2.24) is 5.32 Å². The molecule has 3 N–H and O–H groups in total. The van der Waals surface area contributed by atoms with Crippen molar-refractivity contribution in [2.24, 2.45) is 11.7 Å². The monoisotopic (exact) mass is 226 g/mol. The van der Waals surface area contributed by atoms with Gasteiger partial charge in [0, 0.05) is 6.04 Å². The Balaban J connectivity index is 2.58. The Morgan fingerprint density at radius 1 is 1.38 bits per heavy atom. The van der Waals surface area contributed by atoms with Gasteiger partial charge in [0.05, 0.1) is 5.54 Å². The number of carbonyl (C=O) groups is 1. The number of hydrogen-bond donors (Lipinski definition) is 2. The summed E-state index contributed by atoms with van der Waals surface area (Å²) in [5.41, 5.74) is 5.00. The Morgan fingerprint density at radius 3 is 2.38 bits per heavy atom. The summed E-state index contributed by atoms with van der Waals surface area (Å²) in [7, 11) is 0. The van der Waals surface area contributed by atoms with E-state index in [0.29, 0.717) is 12.0 Å². The van der Waals surface area contributed by atoms with Crippen LogP contribution in [0.15, 0.2) is 0 Å². The molecule has 0 heterocycles. The minimum atomic E-state index is -0.532. The third-order valence-corrected chi connectivity index (χ3v) is 3.49. The summed E-state index contributed by atoms with van der Waals surface area (Å²) in [4.78, 5) is 11.6. The van der Waals surface area contributed by atoms with E-state index in [2.05, 4.69) is 19.2 Å². The topological polar surface area (TPSA) is 55.1 Å². The van der Waals surface area contributed by atoms with Crippen LogP contribution < -0.4 is 11.1 Å². The third-order valence-electron chi connectivity index (χ3n) is 3.49. The van der Waals surface area contributed by atoms with Crippen LogP contribution in [0.2, 0.25) is 0 Å². The van der Waals surface area contributed by atoms with Gasteiger partial charge in [0.1, 0.15) is 0 Å². The van der Waals surface area contributed by atoms with E-state index in [4.69, 9.17) is 5.73 Å². The molecule has 0 saturated heterocycles. The molecular formula is C13H26N2O. The van der Waals surface area contributed by atoms with Crippen LogP contribution in [0.3, 0.4) is 0 Å². The van der Waals surface area contributed by atoms with Crippen LogP contribution in [0.25, 0.3) is 0 Å². The summed E-state index contributed by atoms with van der Waals surface area (Å²) in [5, 5.41) is 3.49. The Morgan fingerprint density at radius 2 is 1.94 bits per heavy atom. The molecule has 0 radical (unpaired) electrons. The average Bonchev–Trinajstić information content (AvgIpc) is 2.17. The molecule has 1 unspecified atom stereocenters. The fraction of sp³-hybridized carbons (Fsp3) is 0.923. The predicted molar refractivity (Wildman–Crippen MR) is 67.1 cm³/mol. The van der Waals surface area contributed by atoms with Crippen LogP contribution in [0.1, 0.15) is 59.3 Å². The van der Waals surface area contributed by atoms with Crippen molar-refractivity contribution in [3.05, 3.63) is 0 Å². The number of primary amides is 1. The number of hydrogen-bond acceptors (Lipinski definition) is 2. The van der Waals surface area contributed by atoms with Gasteiger partial charge in [0.2, 0.25) is 5.91 Å². The molecule has 1 saturated carbocycles. The molecule has 1 amide bonds. The van der Waals surface area contributed by atoms with Crippen LogP contribution >= 0.6 is 0 Å². The molecule has 1 aliphatic rings. The van der Waals surface area contributed by atoms with Gasteiger partial charge in [0.15, 0.2) is 0 Å². The second kappa shape index (κ2) is 5.67. The van der Waals surface area contributed by atoms with Gasteiger partial charge in [-0.3, -0.25) is 4.79 Å². The number of amides is 1. The summed E-state index contributed by atoms with van der Waals surface area (Å²) in [5.74, 6) is 0.264. The number of nitrogens with one attached hydrogen (secondary N) is 1. The van der Waals surface area contributed by atoms with Crippen LogP contribution in [0, 0.1) is 5.92 Å². The van der Waals surface area contributed by atoms with E-state index in [9.17, 15) is 4.79 Å². The SMILES string of the molecule is CC(C)CC(C)(NC1CCCCC1)C(N)=O. The first kappa shape index (κ1) is 13.5. The van der Waals surface area contributed by atoms with Gasteiger partial charge in [-0.25, -0.2) is 0 Å². The maximum absolute atomic E-state index is 11.6. The van der Waals surface area contributed by atoms with Gasteiger partial charge in [0.25, 0.3) is 0 Å². The minimum absolute atomic E-state index is 0.216. The Hall–Kier alpha value is -0.570. The van der Waals surface area contributed by atoms with E-state index in [1.165, 1.54) is 32.1 Å². The van der Waals surface area contributed by atoms with Crippen LogP contribution in [0.4, 0.5) is 0 Å². The molecule has 1 atom stereocenters. The highest BCUT2D eigenvalue weighted by molar-refractivity contribution is 5.84. The predicted octanol–water partition coefficient (Wildman–Crippen LogP) is 2.20. The summed E-state index contributed by atoms with van der Waals surface area (Å²) in [6.07, 6.45) is 7.05. The summed E-state index contributed by atoms with van der Waals surface area (Å²) >= 11 is 0. The van der Waals surface area contributed by atoms with Crippen LogP contribution in [0.5, 0.6) is 0 Å². The first-order valence-electron chi connectivity index (χ1n) is 6.51. The second-order valence-electron chi connectivity index (χ2n) is 5.77. The second-order valence-corrected chi connectivity index (χ2v) is 5.77. The highest BCUT2D eigenvalue weighted by Crippen LogP contribution is 2.23. The number of nitrogens with two attached hydrogens (primary N) is 1. The molecule has 94 valence electrons. The standard InChI is InChI=1S/C13H26N2O/c1-10(2)9-13(3,12(14)16)15-11-7-5-4-6-8-11/h10-11,15H,4-9H2,1-3H3,(H2,14,16). The maximum Gasteiger partial charge on any atom is 0.237 e. The minimum Gasteiger partial charge on any atom is -0.368 e. The molecule has 0 aromatic heterocycles. The number of rotatable bonds is 5. The van der Waals surface area contributed by atoms with E-state index in [1.807, 2.05) is 6.92 Å². The van der Waals surface area contributed by atoms with Gasteiger partial charge < -0.3 is 11.1 Å².